The molecule has 7 heteroatoms. The second kappa shape index (κ2) is 4.70. The van der Waals surface area contributed by atoms with Crippen molar-refractivity contribution in [3.8, 4) is 0 Å². The van der Waals surface area contributed by atoms with Gasteiger partial charge >= 0.3 is 0 Å². The van der Waals surface area contributed by atoms with Gasteiger partial charge in [0, 0.05) is 19.3 Å². The quantitative estimate of drug-likeness (QED) is 0.792. The molecule has 1 aliphatic rings. The SMILES string of the molecule is CC1(C)C(=O)NCCN1C(=O)c1cnc(N)c(Cl)c1. The molecule has 6 nitrogen and oxygen atoms in total. The molecule has 2 rings (SSSR count). The molecule has 3 N–H and O–H groups in total. The van der Waals surface area contributed by atoms with Crippen LogP contribution in [-0.2, 0) is 4.79 Å². The van der Waals surface area contributed by atoms with Crippen LogP contribution in [0, 0.1) is 0 Å². The van der Waals surface area contributed by atoms with E-state index in [1.165, 1.54) is 17.2 Å². The van der Waals surface area contributed by atoms with Crippen LogP contribution in [0.5, 0.6) is 0 Å². The first-order valence-corrected chi connectivity index (χ1v) is 6.23. The van der Waals surface area contributed by atoms with Gasteiger partial charge in [0.25, 0.3) is 5.91 Å². The molecule has 1 aromatic heterocycles. The van der Waals surface area contributed by atoms with Crippen LogP contribution in [-0.4, -0.2) is 40.3 Å². The number of halogens is 1. The lowest BCUT2D eigenvalue weighted by atomic mass is 9.98. The zero-order chi connectivity index (χ0) is 14.2. The molecule has 1 aliphatic heterocycles. The van der Waals surface area contributed by atoms with Gasteiger partial charge in [-0.2, -0.15) is 0 Å². The molecule has 0 bridgehead atoms. The van der Waals surface area contributed by atoms with E-state index >= 15 is 0 Å². The fraction of sp³-hybridized carbons (Fsp3) is 0.417. The summed E-state index contributed by atoms with van der Waals surface area (Å²) in [5.74, 6) is -0.287. The highest BCUT2D eigenvalue weighted by atomic mass is 35.5. The van der Waals surface area contributed by atoms with Crippen molar-refractivity contribution in [2.45, 2.75) is 19.4 Å². The number of carbonyl (C=O) groups is 2. The Hall–Kier alpha value is -1.82. The highest BCUT2D eigenvalue weighted by Gasteiger charge is 2.40. The van der Waals surface area contributed by atoms with Gasteiger partial charge in [-0.25, -0.2) is 4.98 Å². The van der Waals surface area contributed by atoms with Gasteiger partial charge in [-0.15, -0.1) is 0 Å². The minimum Gasteiger partial charge on any atom is -0.382 e. The first-order valence-electron chi connectivity index (χ1n) is 5.85. The fourth-order valence-corrected chi connectivity index (χ4v) is 2.14. The zero-order valence-electron chi connectivity index (χ0n) is 10.7. The second-order valence-electron chi connectivity index (χ2n) is 4.86. The molecule has 1 aromatic rings. The van der Waals surface area contributed by atoms with Gasteiger partial charge in [-0.3, -0.25) is 9.59 Å². The maximum atomic E-state index is 12.4. The third-order valence-electron chi connectivity index (χ3n) is 3.21. The monoisotopic (exact) mass is 282 g/mol. The van der Waals surface area contributed by atoms with E-state index in [-0.39, 0.29) is 22.7 Å². The van der Waals surface area contributed by atoms with Gasteiger partial charge in [0.2, 0.25) is 5.91 Å². The zero-order valence-corrected chi connectivity index (χ0v) is 11.5. The van der Waals surface area contributed by atoms with Crippen molar-refractivity contribution < 1.29 is 9.59 Å². The van der Waals surface area contributed by atoms with E-state index in [9.17, 15) is 9.59 Å². The van der Waals surface area contributed by atoms with Gasteiger partial charge in [0.1, 0.15) is 11.4 Å². The molecule has 19 heavy (non-hydrogen) atoms. The van der Waals surface area contributed by atoms with Crippen LogP contribution in [0.2, 0.25) is 5.02 Å². The van der Waals surface area contributed by atoms with E-state index in [0.29, 0.717) is 18.7 Å². The average Bonchev–Trinajstić information content (AvgIpc) is 2.35. The Balaban J connectivity index is 2.32. The molecule has 0 aromatic carbocycles. The summed E-state index contributed by atoms with van der Waals surface area (Å²) >= 11 is 5.86. The predicted octanol–water partition coefficient (Wildman–Crippen LogP) is 0.668. The van der Waals surface area contributed by atoms with Crippen molar-refractivity contribution in [2.75, 3.05) is 18.8 Å². The van der Waals surface area contributed by atoms with Crippen LogP contribution in [0.3, 0.4) is 0 Å². The molecule has 0 spiro atoms. The van der Waals surface area contributed by atoms with Gasteiger partial charge < -0.3 is 16.0 Å². The third-order valence-corrected chi connectivity index (χ3v) is 3.52. The molecule has 1 saturated heterocycles. The standard InChI is InChI=1S/C12H15ClN4O2/c1-12(2)11(19)15-3-4-17(12)10(18)7-5-8(13)9(14)16-6-7/h5-6H,3-4H2,1-2H3,(H2,14,16)(H,15,19). The smallest absolute Gasteiger partial charge is 0.256 e. The highest BCUT2D eigenvalue weighted by molar-refractivity contribution is 6.33. The maximum Gasteiger partial charge on any atom is 0.256 e. The second-order valence-corrected chi connectivity index (χ2v) is 5.27. The topological polar surface area (TPSA) is 88.3 Å². The van der Waals surface area contributed by atoms with E-state index < -0.39 is 5.54 Å². The largest absolute Gasteiger partial charge is 0.382 e. The van der Waals surface area contributed by atoms with E-state index in [1.807, 2.05) is 0 Å². The van der Waals surface area contributed by atoms with E-state index in [2.05, 4.69) is 10.3 Å². The first-order chi connectivity index (χ1) is 8.84. The summed E-state index contributed by atoms with van der Waals surface area (Å²) in [5.41, 5.74) is 4.93. The molecule has 2 amide bonds. The molecule has 1 fully saturated rings. The number of amides is 2. The number of anilines is 1. The van der Waals surface area contributed by atoms with Gasteiger partial charge in [0.05, 0.1) is 10.6 Å². The summed E-state index contributed by atoms with van der Waals surface area (Å²) < 4.78 is 0. The molecule has 2 heterocycles. The Bertz CT molecular complexity index is 545. The van der Waals surface area contributed by atoms with Crippen LogP contribution in [0.1, 0.15) is 24.2 Å². The molecular weight excluding hydrogens is 268 g/mol. The Morgan fingerprint density at radius 3 is 2.89 bits per heavy atom. The Labute approximate surface area is 115 Å². The molecule has 102 valence electrons. The van der Waals surface area contributed by atoms with Crippen LogP contribution < -0.4 is 11.1 Å². The minimum absolute atomic E-state index is 0.175. The summed E-state index contributed by atoms with van der Waals surface area (Å²) in [6, 6.07) is 1.47. The molecular formula is C12H15ClN4O2. The third kappa shape index (κ3) is 2.35. The number of hydrogen-bond donors (Lipinski definition) is 2. The lowest BCUT2D eigenvalue weighted by Crippen LogP contribution is -2.63. The van der Waals surface area contributed by atoms with Gasteiger partial charge in [-0.05, 0) is 19.9 Å². The fourth-order valence-electron chi connectivity index (χ4n) is 1.98. The Kier molecular flexibility index (Phi) is 3.36. The summed E-state index contributed by atoms with van der Waals surface area (Å²) in [6.07, 6.45) is 1.37. The number of carbonyl (C=O) groups excluding carboxylic acids is 2. The minimum atomic E-state index is -0.900. The number of aromatic nitrogens is 1. The number of rotatable bonds is 1. The van der Waals surface area contributed by atoms with Crippen LogP contribution in [0.15, 0.2) is 12.3 Å². The Morgan fingerprint density at radius 2 is 2.26 bits per heavy atom. The number of nitrogens with two attached hydrogens (primary N) is 1. The summed E-state index contributed by atoms with van der Waals surface area (Å²) in [5, 5.41) is 2.96. The summed E-state index contributed by atoms with van der Waals surface area (Å²) in [6.45, 7) is 4.28. The van der Waals surface area contributed by atoms with Crippen molar-refractivity contribution in [1.29, 1.82) is 0 Å². The number of piperazine rings is 1. The van der Waals surface area contributed by atoms with Crippen molar-refractivity contribution in [3.63, 3.8) is 0 Å². The van der Waals surface area contributed by atoms with E-state index in [1.54, 1.807) is 13.8 Å². The van der Waals surface area contributed by atoms with E-state index in [0.717, 1.165) is 0 Å². The number of pyridine rings is 1. The van der Waals surface area contributed by atoms with Crippen LogP contribution >= 0.6 is 11.6 Å². The van der Waals surface area contributed by atoms with Crippen molar-refractivity contribution in [2.24, 2.45) is 0 Å². The highest BCUT2D eigenvalue weighted by Crippen LogP contribution is 2.23. The number of nitrogens with one attached hydrogen (secondary N) is 1. The van der Waals surface area contributed by atoms with Crippen molar-refractivity contribution in [3.05, 3.63) is 22.8 Å². The number of nitrogen functional groups attached to an aromatic ring is 1. The van der Waals surface area contributed by atoms with Gasteiger partial charge in [-0.1, -0.05) is 11.6 Å². The predicted molar refractivity (Wildman–Crippen MR) is 71.8 cm³/mol. The van der Waals surface area contributed by atoms with Crippen molar-refractivity contribution in [1.82, 2.24) is 15.2 Å². The van der Waals surface area contributed by atoms with Gasteiger partial charge in [0.15, 0.2) is 0 Å². The van der Waals surface area contributed by atoms with Crippen molar-refractivity contribution >= 4 is 29.2 Å². The molecule has 0 unspecified atom stereocenters. The van der Waals surface area contributed by atoms with Crippen LogP contribution in [0.25, 0.3) is 0 Å². The first kappa shape index (κ1) is 13.6. The Morgan fingerprint density at radius 1 is 1.58 bits per heavy atom. The van der Waals surface area contributed by atoms with E-state index in [4.69, 9.17) is 17.3 Å². The summed E-state index contributed by atoms with van der Waals surface area (Å²) in [7, 11) is 0. The number of hydrogen-bond acceptors (Lipinski definition) is 4. The number of nitrogens with zero attached hydrogens (tertiary/aromatic N) is 2. The lowest BCUT2D eigenvalue weighted by molar-refractivity contribution is -0.133. The lowest BCUT2D eigenvalue weighted by Gasteiger charge is -2.41. The molecule has 0 radical (unpaired) electrons. The molecule has 0 aliphatic carbocycles. The molecule has 0 saturated carbocycles. The normalized spacial score (nSPS) is 18.1. The molecule has 0 atom stereocenters. The summed E-state index contributed by atoms with van der Waals surface area (Å²) in [4.78, 5) is 29.6. The maximum absolute atomic E-state index is 12.4. The van der Waals surface area contributed by atoms with Crippen LogP contribution in [0.4, 0.5) is 5.82 Å². The average molecular weight is 283 g/mol.